The Kier molecular flexibility index (Phi) is 8.59. The number of carbonyl (C=O) groups excluding carboxylic acids is 2. The number of para-hydroxylation sites is 1. The van der Waals surface area contributed by atoms with Crippen molar-refractivity contribution in [2.45, 2.75) is 38.5 Å². The number of morpholine rings is 1. The maximum absolute atomic E-state index is 12.8. The first-order valence-electron chi connectivity index (χ1n) is 13.6. The van der Waals surface area contributed by atoms with Gasteiger partial charge >= 0.3 is 5.97 Å². The summed E-state index contributed by atoms with van der Waals surface area (Å²) in [6.07, 6.45) is 7.15. The lowest BCUT2D eigenvalue weighted by atomic mass is 9.85. The Labute approximate surface area is 219 Å². The number of ketones is 1. The SMILES string of the molecule is O=C(OCCN1CCOCC1)c1cccc(CCC[C@H]2CCC(=O)[C@@H]2Cc2cccc3cccnc23)c1. The fourth-order valence-corrected chi connectivity index (χ4v) is 5.77. The van der Waals surface area contributed by atoms with Gasteiger partial charge in [0.2, 0.25) is 0 Å². The predicted molar refractivity (Wildman–Crippen MR) is 144 cm³/mol. The second kappa shape index (κ2) is 12.4. The molecule has 0 spiro atoms. The molecule has 0 radical (unpaired) electrons. The van der Waals surface area contributed by atoms with Gasteiger partial charge in [0, 0.05) is 43.6 Å². The molecule has 0 amide bonds. The zero-order valence-electron chi connectivity index (χ0n) is 21.4. The maximum Gasteiger partial charge on any atom is 0.338 e. The quantitative estimate of drug-likeness (QED) is 0.370. The fraction of sp³-hybridized carbons (Fsp3) is 0.452. The first kappa shape index (κ1) is 25.6. The zero-order valence-corrected chi connectivity index (χ0v) is 21.4. The number of fused-ring (bicyclic) bond motifs is 1. The van der Waals surface area contributed by atoms with Gasteiger partial charge in [-0.3, -0.25) is 14.7 Å². The molecule has 1 aromatic heterocycles. The van der Waals surface area contributed by atoms with Crippen molar-refractivity contribution in [3.63, 3.8) is 0 Å². The topological polar surface area (TPSA) is 68.7 Å². The van der Waals surface area contributed by atoms with E-state index in [1.54, 1.807) is 0 Å². The molecular weight excluding hydrogens is 464 g/mol. The Morgan fingerprint density at radius 3 is 2.81 bits per heavy atom. The van der Waals surface area contributed by atoms with Crippen LogP contribution in [0.25, 0.3) is 10.9 Å². The summed E-state index contributed by atoms with van der Waals surface area (Å²) in [7, 11) is 0. The lowest BCUT2D eigenvalue weighted by Crippen LogP contribution is -2.38. The predicted octanol–water partition coefficient (Wildman–Crippen LogP) is 4.88. The number of nitrogens with zero attached hydrogens (tertiary/aromatic N) is 2. The van der Waals surface area contributed by atoms with Gasteiger partial charge in [-0.1, -0.05) is 36.4 Å². The van der Waals surface area contributed by atoms with Crippen LogP contribution in [0.5, 0.6) is 0 Å². The smallest absolute Gasteiger partial charge is 0.338 e. The van der Waals surface area contributed by atoms with E-state index in [2.05, 4.69) is 40.2 Å². The number of esters is 1. The van der Waals surface area contributed by atoms with Crippen molar-refractivity contribution in [3.05, 3.63) is 77.5 Å². The summed E-state index contributed by atoms with van der Waals surface area (Å²) >= 11 is 0. The number of hydrogen-bond donors (Lipinski definition) is 0. The van der Waals surface area contributed by atoms with Crippen molar-refractivity contribution in [3.8, 4) is 0 Å². The Morgan fingerprint density at radius 1 is 1.08 bits per heavy atom. The van der Waals surface area contributed by atoms with Gasteiger partial charge in [-0.25, -0.2) is 4.79 Å². The molecule has 5 rings (SSSR count). The van der Waals surface area contributed by atoms with Crippen LogP contribution in [0.2, 0.25) is 0 Å². The van der Waals surface area contributed by atoms with Gasteiger partial charge < -0.3 is 9.47 Å². The van der Waals surface area contributed by atoms with Gasteiger partial charge in [0.15, 0.2) is 0 Å². The normalized spacial score (nSPS) is 20.4. The van der Waals surface area contributed by atoms with Crippen molar-refractivity contribution in [2.75, 3.05) is 39.5 Å². The van der Waals surface area contributed by atoms with Crippen molar-refractivity contribution in [2.24, 2.45) is 11.8 Å². The fourth-order valence-electron chi connectivity index (χ4n) is 5.77. The molecule has 2 aromatic carbocycles. The Morgan fingerprint density at radius 2 is 1.92 bits per heavy atom. The van der Waals surface area contributed by atoms with Gasteiger partial charge in [0.25, 0.3) is 0 Å². The van der Waals surface area contributed by atoms with Crippen LogP contribution in [-0.2, 0) is 27.1 Å². The summed E-state index contributed by atoms with van der Waals surface area (Å²) in [5.41, 5.74) is 3.93. The van der Waals surface area contributed by atoms with Crippen LogP contribution in [0.1, 0.15) is 47.2 Å². The molecule has 6 nitrogen and oxygen atoms in total. The molecule has 37 heavy (non-hydrogen) atoms. The monoisotopic (exact) mass is 500 g/mol. The number of carbonyl (C=O) groups is 2. The molecule has 2 aliphatic rings. The molecule has 6 heteroatoms. The third-order valence-electron chi connectivity index (χ3n) is 7.85. The molecule has 1 saturated carbocycles. The van der Waals surface area contributed by atoms with E-state index in [0.29, 0.717) is 30.3 Å². The minimum atomic E-state index is -0.264. The number of hydrogen-bond acceptors (Lipinski definition) is 6. The first-order valence-corrected chi connectivity index (χ1v) is 13.6. The van der Waals surface area contributed by atoms with E-state index >= 15 is 0 Å². The molecule has 2 heterocycles. The molecule has 1 aliphatic carbocycles. The summed E-state index contributed by atoms with van der Waals surface area (Å²) in [4.78, 5) is 32.2. The highest BCUT2D eigenvalue weighted by atomic mass is 16.5. The number of aromatic nitrogens is 1. The molecule has 0 unspecified atom stereocenters. The second-order valence-electron chi connectivity index (χ2n) is 10.3. The summed E-state index contributed by atoms with van der Waals surface area (Å²) in [5, 5.41) is 1.13. The highest BCUT2D eigenvalue weighted by Gasteiger charge is 2.34. The van der Waals surface area contributed by atoms with Gasteiger partial charge in [0.1, 0.15) is 12.4 Å². The largest absolute Gasteiger partial charge is 0.461 e. The Balaban J connectivity index is 1.12. The molecule has 2 atom stereocenters. The molecule has 0 N–H and O–H groups in total. The van der Waals surface area contributed by atoms with E-state index in [9.17, 15) is 9.59 Å². The van der Waals surface area contributed by atoms with E-state index in [1.807, 2.05) is 30.5 Å². The molecular formula is C31H36N2O4. The van der Waals surface area contributed by atoms with Gasteiger partial charge in [-0.15, -0.1) is 0 Å². The summed E-state index contributed by atoms with van der Waals surface area (Å²) in [6.45, 7) is 4.40. The summed E-state index contributed by atoms with van der Waals surface area (Å²) in [6, 6.07) is 18.1. The molecule has 3 aromatic rings. The lowest BCUT2D eigenvalue weighted by Gasteiger charge is -2.26. The van der Waals surface area contributed by atoms with E-state index in [4.69, 9.17) is 9.47 Å². The highest BCUT2D eigenvalue weighted by molar-refractivity contribution is 5.89. The van der Waals surface area contributed by atoms with Crippen LogP contribution in [-0.4, -0.2) is 61.1 Å². The first-order chi connectivity index (χ1) is 18.2. The zero-order chi connectivity index (χ0) is 25.5. The van der Waals surface area contributed by atoms with Crippen LogP contribution >= 0.6 is 0 Å². The van der Waals surface area contributed by atoms with Crippen molar-refractivity contribution < 1.29 is 19.1 Å². The lowest BCUT2D eigenvalue weighted by molar-refractivity contribution is -0.121. The van der Waals surface area contributed by atoms with Crippen LogP contribution in [0.4, 0.5) is 0 Å². The minimum Gasteiger partial charge on any atom is -0.461 e. The number of rotatable bonds is 10. The molecule has 0 bridgehead atoms. The van der Waals surface area contributed by atoms with Crippen LogP contribution < -0.4 is 0 Å². The number of benzene rings is 2. The number of aryl methyl sites for hydroxylation is 1. The second-order valence-corrected chi connectivity index (χ2v) is 10.3. The molecule has 1 aliphatic heterocycles. The molecule has 194 valence electrons. The van der Waals surface area contributed by atoms with Gasteiger partial charge in [0.05, 0.1) is 24.3 Å². The standard InChI is InChI=1S/C31H36N2O4/c34-29-13-12-24(28(29)22-26-9-3-8-25-11-4-14-32-30(25)26)7-1-5-23-6-2-10-27(21-23)31(35)37-20-17-33-15-18-36-19-16-33/h2-4,6,8-11,14,21,24,28H,1,5,7,12-13,15-20,22H2/t24-,28+/m0/s1. The number of Topliss-reactive ketones (excluding diaryl/α,β-unsaturated/α-hetero) is 1. The van der Waals surface area contributed by atoms with E-state index in [0.717, 1.165) is 81.4 Å². The Bertz CT molecular complexity index is 1220. The third-order valence-corrected chi connectivity index (χ3v) is 7.85. The molecule has 2 fully saturated rings. The van der Waals surface area contributed by atoms with Crippen molar-refractivity contribution in [1.29, 1.82) is 0 Å². The van der Waals surface area contributed by atoms with Crippen molar-refractivity contribution in [1.82, 2.24) is 9.88 Å². The third kappa shape index (κ3) is 6.62. The number of ether oxygens (including phenoxy) is 2. The van der Waals surface area contributed by atoms with Crippen LogP contribution in [0.15, 0.2) is 60.8 Å². The van der Waals surface area contributed by atoms with Gasteiger partial charge in [-0.05, 0) is 67.3 Å². The maximum atomic E-state index is 12.8. The molecule has 1 saturated heterocycles. The van der Waals surface area contributed by atoms with Gasteiger partial charge in [-0.2, -0.15) is 0 Å². The minimum absolute atomic E-state index is 0.0698. The Hall–Kier alpha value is -3.09. The summed E-state index contributed by atoms with van der Waals surface area (Å²) < 4.78 is 10.9. The van der Waals surface area contributed by atoms with E-state index in [-0.39, 0.29) is 11.9 Å². The van der Waals surface area contributed by atoms with Crippen LogP contribution in [0, 0.1) is 11.8 Å². The number of pyridine rings is 1. The average Bonchev–Trinajstić information content (AvgIpc) is 3.28. The summed E-state index contributed by atoms with van der Waals surface area (Å²) in [5.74, 6) is 0.597. The van der Waals surface area contributed by atoms with E-state index in [1.165, 1.54) is 5.56 Å². The van der Waals surface area contributed by atoms with E-state index < -0.39 is 0 Å². The van der Waals surface area contributed by atoms with Crippen LogP contribution in [0.3, 0.4) is 0 Å². The highest BCUT2D eigenvalue weighted by Crippen LogP contribution is 2.36. The average molecular weight is 501 g/mol. The van der Waals surface area contributed by atoms with Crippen molar-refractivity contribution >= 4 is 22.7 Å².